The smallest absolute Gasteiger partial charge is 0.226 e. The zero-order valence-corrected chi connectivity index (χ0v) is 11.4. The van der Waals surface area contributed by atoms with Crippen molar-refractivity contribution in [3.63, 3.8) is 0 Å². The van der Waals surface area contributed by atoms with Gasteiger partial charge in [-0.2, -0.15) is 0 Å². The van der Waals surface area contributed by atoms with E-state index in [1.165, 1.54) is 0 Å². The van der Waals surface area contributed by atoms with E-state index in [0.29, 0.717) is 12.5 Å². The third-order valence-corrected chi connectivity index (χ3v) is 4.64. The number of hydrogen-bond acceptors (Lipinski definition) is 3. The Kier molecular flexibility index (Phi) is 4.28. The average molecular weight is 255 g/mol. The van der Waals surface area contributed by atoms with Crippen LogP contribution < -0.4 is 5.32 Å². The lowest BCUT2D eigenvalue weighted by Crippen LogP contribution is -2.55. The van der Waals surface area contributed by atoms with Crippen molar-refractivity contribution in [1.82, 2.24) is 5.32 Å². The van der Waals surface area contributed by atoms with Gasteiger partial charge in [0, 0.05) is 6.61 Å². The Hall–Kier alpha value is -0.610. The van der Waals surface area contributed by atoms with Crippen LogP contribution >= 0.6 is 0 Å². The maximum Gasteiger partial charge on any atom is 0.226 e. The molecule has 2 unspecified atom stereocenters. The first-order chi connectivity index (χ1) is 8.56. The molecule has 0 aromatic rings. The van der Waals surface area contributed by atoms with Gasteiger partial charge in [0.05, 0.1) is 24.2 Å². The molecule has 18 heavy (non-hydrogen) atoms. The number of hydrogen-bond donors (Lipinski definition) is 2. The van der Waals surface area contributed by atoms with Crippen LogP contribution in [-0.2, 0) is 9.53 Å². The second kappa shape index (κ2) is 5.57. The van der Waals surface area contributed by atoms with Crippen LogP contribution in [0, 0.1) is 11.8 Å². The van der Waals surface area contributed by atoms with E-state index in [-0.39, 0.29) is 30.1 Å². The minimum atomic E-state index is -0.383. The Morgan fingerprint density at radius 1 is 1.33 bits per heavy atom. The number of nitrogens with one attached hydrogen (secondary N) is 1. The third kappa shape index (κ3) is 2.86. The molecule has 1 heterocycles. The van der Waals surface area contributed by atoms with Crippen LogP contribution in [0.3, 0.4) is 0 Å². The summed E-state index contributed by atoms with van der Waals surface area (Å²) in [7, 11) is 0. The number of aliphatic hydroxyl groups excluding tert-OH is 1. The molecule has 0 aromatic carbocycles. The first-order valence-corrected chi connectivity index (χ1v) is 7.11. The van der Waals surface area contributed by atoms with Crippen molar-refractivity contribution >= 4 is 5.91 Å². The predicted octanol–water partition coefficient (Wildman–Crippen LogP) is 1.47. The molecule has 1 saturated heterocycles. The lowest BCUT2D eigenvalue weighted by molar-refractivity contribution is -0.129. The molecule has 0 aromatic heterocycles. The lowest BCUT2D eigenvalue weighted by atomic mass is 9.77. The summed E-state index contributed by atoms with van der Waals surface area (Å²) < 4.78 is 5.44. The Bertz CT molecular complexity index is 297. The summed E-state index contributed by atoms with van der Waals surface area (Å²) in [6.45, 7) is 4.90. The fraction of sp³-hybridized carbons (Fsp3) is 0.929. The van der Waals surface area contributed by atoms with Crippen molar-refractivity contribution in [3.8, 4) is 0 Å². The number of amides is 1. The van der Waals surface area contributed by atoms with Crippen molar-refractivity contribution in [2.75, 3.05) is 13.2 Å². The van der Waals surface area contributed by atoms with Gasteiger partial charge in [-0.1, -0.05) is 6.92 Å². The second-order valence-electron chi connectivity index (χ2n) is 6.08. The zero-order chi connectivity index (χ0) is 13.2. The summed E-state index contributed by atoms with van der Waals surface area (Å²) >= 11 is 0. The quantitative estimate of drug-likeness (QED) is 0.803. The van der Waals surface area contributed by atoms with Crippen LogP contribution in [0.4, 0.5) is 0 Å². The van der Waals surface area contributed by atoms with Crippen LogP contribution in [0.1, 0.15) is 46.0 Å². The van der Waals surface area contributed by atoms with E-state index in [1.54, 1.807) is 0 Å². The fourth-order valence-corrected chi connectivity index (χ4v) is 3.07. The first kappa shape index (κ1) is 13.8. The van der Waals surface area contributed by atoms with Crippen molar-refractivity contribution in [2.24, 2.45) is 11.8 Å². The van der Waals surface area contributed by atoms with Crippen LogP contribution in [-0.4, -0.2) is 35.9 Å². The highest BCUT2D eigenvalue weighted by atomic mass is 16.5. The first-order valence-electron chi connectivity index (χ1n) is 7.11. The van der Waals surface area contributed by atoms with Gasteiger partial charge in [0.1, 0.15) is 0 Å². The SMILES string of the molecule is CC1CCC(CO)(NC(=O)C2CCOC2C)CC1. The highest BCUT2D eigenvalue weighted by molar-refractivity contribution is 5.80. The lowest BCUT2D eigenvalue weighted by Gasteiger charge is -2.39. The largest absolute Gasteiger partial charge is 0.394 e. The number of rotatable bonds is 3. The normalized spacial score (nSPS) is 40.7. The molecule has 2 rings (SSSR count). The standard InChI is InChI=1S/C14H25NO3/c1-10-3-6-14(9-16,7-4-10)15-13(17)12-5-8-18-11(12)2/h10-12,16H,3-9H2,1-2H3,(H,15,17). The van der Waals surface area contributed by atoms with Crippen LogP contribution in [0.5, 0.6) is 0 Å². The molecule has 4 heteroatoms. The fourth-order valence-electron chi connectivity index (χ4n) is 3.07. The van der Waals surface area contributed by atoms with Crippen molar-refractivity contribution in [3.05, 3.63) is 0 Å². The molecule has 2 N–H and O–H groups in total. The van der Waals surface area contributed by atoms with Gasteiger partial charge in [0.2, 0.25) is 5.91 Å². The van der Waals surface area contributed by atoms with Gasteiger partial charge in [-0.15, -0.1) is 0 Å². The Labute approximate surface area is 109 Å². The van der Waals surface area contributed by atoms with Gasteiger partial charge in [-0.25, -0.2) is 0 Å². The van der Waals surface area contributed by atoms with E-state index < -0.39 is 0 Å². The van der Waals surface area contributed by atoms with Gasteiger partial charge in [0.25, 0.3) is 0 Å². The topological polar surface area (TPSA) is 58.6 Å². The summed E-state index contributed by atoms with van der Waals surface area (Å²) in [6.07, 6.45) is 4.74. The van der Waals surface area contributed by atoms with Gasteiger partial charge in [-0.3, -0.25) is 4.79 Å². The van der Waals surface area contributed by atoms with Crippen molar-refractivity contribution in [2.45, 2.75) is 57.6 Å². The molecule has 2 atom stereocenters. The summed E-state index contributed by atoms with van der Waals surface area (Å²) in [4.78, 5) is 12.3. The summed E-state index contributed by atoms with van der Waals surface area (Å²) in [6, 6.07) is 0. The summed E-state index contributed by atoms with van der Waals surface area (Å²) in [5.41, 5.74) is -0.383. The molecule has 4 nitrogen and oxygen atoms in total. The Morgan fingerprint density at radius 3 is 2.50 bits per heavy atom. The van der Waals surface area contributed by atoms with E-state index in [2.05, 4.69) is 12.2 Å². The number of carbonyl (C=O) groups excluding carboxylic acids is 1. The average Bonchev–Trinajstić information content (AvgIpc) is 2.79. The molecular formula is C14H25NO3. The van der Waals surface area contributed by atoms with Gasteiger partial charge in [-0.05, 0) is 44.9 Å². The van der Waals surface area contributed by atoms with Crippen LogP contribution in [0.15, 0.2) is 0 Å². The van der Waals surface area contributed by atoms with E-state index >= 15 is 0 Å². The molecule has 2 aliphatic rings. The van der Waals surface area contributed by atoms with E-state index in [1.807, 2.05) is 6.92 Å². The molecule has 0 radical (unpaired) electrons. The molecule has 1 aliphatic heterocycles. The molecule has 1 aliphatic carbocycles. The molecule has 2 fully saturated rings. The second-order valence-corrected chi connectivity index (χ2v) is 6.08. The minimum Gasteiger partial charge on any atom is -0.394 e. The van der Waals surface area contributed by atoms with Crippen molar-refractivity contribution in [1.29, 1.82) is 0 Å². The zero-order valence-electron chi connectivity index (χ0n) is 11.4. The van der Waals surface area contributed by atoms with Crippen LogP contribution in [0.2, 0.25) is 0 Å². The minimum absolute atomic E-state index is 0.00302. The molecule has 0 spiro atoms. The highest BCUT2D eigenvalue weighted by Crippen LogP contribution is 2.32. The summed E-state index contributed by atoms with van der Waals surface area (Å²) in [5, 5.41) is 12.7. The van der Waals surface area contributed by atoms with E-state index in [0.717, 1.165) is 32.1 Å². The Balaban J connectivity index is 1.95. The van der Waals surface area contributed by atoms with Gasteiger partial charge >= 0.3 is 0 Å². The predicted molar refractivity (Wildman–Crippen MR) is 69.1 cm³/mol. The van der Waals surface area contributed by atoms with E-state index in [9.17, 15) is 9.90 Å². The Morgan fingerprint density at radius 2 is 2.00 bits per heavy atom. The molecule has 0 bridgehead atoms. The van der Waals surface area contributed by atoms with Gasteiger partial charge in [0.15, 0.2) is 0 Å². The third-order valence-electron chi connectivity index (χ3n) is 4.64. The molecule has 1 saturated carbocycles. The highest BCUT2D eigenvalue weighted by Gasteiger charge is 2.39. The number of aliphatic hydroxyl groups is 1. The molecular weight excluding hydrogens is 230 g/mol. The number of carbonyl (C=O) groups is 1. The van der Waals surface area contributed by atoms with Crippen LogP contribution in [0.25, 0.3) is 0 Å². The van der Waals surface area contributed by atoms with E-state index in [4.69, 9.17) is 4.74 Å². The maximum absolute atomic E-state index is 12.3. The number of ether oxygens (including phenoxy) is 1. The maximum atomic E-state index is 12.3. The van der Waals surface area contributed by atoms with Gasteiger partial charge < -0.3 is 15.2 Å². The van der Waals surface area contributed by atoms with Crippen molar-refractivity contribution < 1.29 is 14.6 Å². The summed E-state index contributed by atoms with van der Waals surface area (Å²) in [5.74, 6) is 0.715. The molecule has 104 valence electrons. The monoisotopic (exact) mass is 255 g/mol. The molecule has 1 amide bonds.